The second kappa shape index (κ2) is 15.6. The number of anilines is 2. The second-order valence-corrected chi connectivity index (χ2v) is 14.3. The van der Waals surface area contributed by atoms with Crippen LogP contribution < -0.4 is 5.32 Å². The van der Waals surface area contributed by atoms with Gasteiger partial charge in [0.2, 0.25) is 0 Å². The van der Waals surface area contributed by atoms with Crippen LogP contribution in [0.5, 0.6) is 0 Å². The molecule has 260 valence electrons. The van der Waals surface area contributed by atoms with Crippen LogP contribution in [0.25, 0.3) is 34.4 Å². The number of benzene rings is 7. The molecule has 0 aliphatic carbocycles. The first-order valence-electron chi connectivity index (χ1n) is 18.5. The second-order valence-electron chi connectivity index (χ2n) is 14.3. The molecule has 0 heterocycles. The summed E-state index contributed by atoms with van der Waals surface area (Å²) in [6, 6.07) is 57.2. The van der Waals surface area contributed by atoms with Gasteiger partial charge in [0.1, 0.15) is 0 Å². The number of nitrogens with one attached hydrogen (secondary N) is 1. The Morgan fingerprint density at radius 1 is 0.396 bits per heavy atom. The number of aryl methyl sites for hydroxylation is 6. The van der Waals surface area contributed by atoms with Crippen molar-refractivity contribution < 1.29 is 0 Å². The van der Waals surface area contributed by atoms with Crippen molar-refractivity contribution >= 4 is 34.7 Å². The molecule has 1 heteroatoms. The molecule has 0 bridgehead atoms. The third kappa shape index (κ3) is 8.16. The summed E-state index contributed by atoms with van der Waals surface area (Å²) in [6.07, 6.45) is 4.62. The van der Waals surface area contributed by atoms with Gasteiger partial charge in [0.15, 0.2) is 0 Å². The molecule has 0 aliphatic rings. The molecule has 1 nitrogen and oxygen atoms in total. The van der Waals surface area contributed by atoms with E-state index in [0.29, 0.717) is 0 Å². The normalized spacial score (nSPS) is 11.8. The van der Waals surface area contributed by atoms with E-state index < -0.39 is 0 Å². The minimum absolute atomic E-state index is 1.09. The van der Waals surface area contributed by atoms with Crippen molar-refractivity contribution in [1.82, 2.24) is 0 Å². The van der Waals surface area contributed by atoms with Crippen molar-refractivity contribution in [1.29, 1.82) is 0 Å². The molecule has 53 heavy (non-hydrogen) atoms. The Balaban J connectivity index is 1.17. The predicted molar refractivity (Wildman–Crippen MR) is 230 cm³/mol. The van der Waals surface area contributed by atoms with Gasteiger partial charge < -0.3 is 5.32 Å². The fraction of sp³-hybridized carbons (Fsp3) is 0.115. The summed E-state index contributed by atoms with van der Waals surface area (Å²) < 4.78 is 0. The zero-order chi connectivity index (χ0) is 36.9. The summed E-state index contributed by atoms with van der Waals surface area (Å²) in [4.78, 5) is 0. The molecular weight excluding hydrogens is 639 g/mol. The summed E-state index contributed by atoms with van der Waals surface area (Å²) in [6.45, 7) is 13.1. The van der Waals surface area contributed by atoms with Crippen LogP contribution in [0.15, 0.2) is 158 Å². The molecular formula is C52H47N. The smallest absolute Gasteiger partial charge is 0.0443 e. The lowest BCUT2D eigenvalue weighted by Gasteiger charge is -2.15. The Morgan fingerprint density at radius 2 is 0.849 bits per heavy atom. The molecule has 0 saturated carbocycles. The van der Waals surface area contributed by atoms with Crippen LogP contribution in [0.2, 0.25) is 0 Å². The van der Waals surface area contributed by atoms with Gasteiger partial charge in [0.25, 0.3) is 0 Å². The monoisotopic (exact) mass is 685 g/mol. The van der Waals surface area contributed by atoms with E-state index in [1.54, 1.807) is 0 Å². The van der Waals surface area contributed by atoms with Gasteiger partial charge in [-0.25, -0.2) is 0 Å². The van der Waals surface area contributed by atoms with E-state index in [4.69, 9.17) is 0 Å². The van der Waals surface area contributed by atoms with Crippen molar-refractivity contribution in [3.8, 4) is 11.1 Å². The summed E-state index contributed by atoms with van der Waals surface area (Å²) >= 11 is 0. The lowest BCUT2D eigenvalue weighted by molar-refractivity contribution is 1.31. The Bertz CT molecular complexity index is 2400. The van der Waals surface area contributed by atoms with Crippen LogP contribution in [0.1, 0.15) is 66.8 Å². The maximum absolute atomic E-state index is 3.65. The Hall–Kier alpha value is -6.18. The molecule has 0 saturated heterocycles. The molecule has 0 aliphatic heterocycles. The van der Waals surface area contributed by atoms with Gasteiger partial charge in [-0.05, 0) is 144 Å². The van der Waals surface area contributed by atoms with Gasteiger partial charge >= 0.3 is 0 Å². The maximum atomic E-state index is 3.65. The van der Waals surface area contributed by atoms with Crippen molar-refractivity contribution in [2.45, 2.75) is 41.5 Å². The van der Waals surface area contributed by atoms with E-state index in [2.05, 4.69) is 217 Å². The van der Waals surface area contributed by atoms with E-state index in [-0.39, 0.29) is 0 Å². The van der Waals surface area contributed by atoms with E-state index in [1.807, 2.05) is 0 Å². The minimum atomic E-state index is 1.09. The van der Waals surface area contributed by atoms with Crippen LogP contribution >= 0.6 is 0 Å². The molecule has 0 unspecified atom stereocenters. The zero-order valence-corrected chi connectivity index (χ0v) is 31.7. The van der Waals surface area contributed by atoms with Gasteiger partial charge in [-0.15, -0.1) is 0 Å². The molecule has 7 aromatic carbocycles. The third-order valence-corrected chi connectivity index (χ3v) is 10.1. The molecule has 0 radical (unpaired) electrons. The molecule has 7 rings (SSSR count). The minimum Gasteiger partial charge on any atom is -0.355 e. The van der Waals surface area contributed by atoms with Crippen molar-refractivity contribution in [3.05, 3.63) is 224 Å². The topological polar surface area (TPSA) is 12.0 Å². The highest BCUT2D eigenvalue weighted by Gasteiger charge is 2.12. The average Bonchev–Trinajstić information content (AvgIpc) is 3.16. The van der Waals surface area contributed by atoms with E-state index >= 15 is 0 Å². The van der Waals surface area contributed by atoms with Gasteiger partial charge in [-0.1, -0.05) is 157 Å². The van der Waals surface area contributed by atoms with E-state index in [1.165, 1.54) is 89.2 Å². The quantitative estimate of drug-likeness (QED) is 0.149. The van der Waals surface area contributed by atoms with Crippen LogP contribution in [-0.4, -0.2) is 0 Å². The first-order chi connectivity index (χ1) is 25.7. The first-order valence-corrected chi connectivity index (χ1v) is 18.5. The number of hydrogen-bond donors (Lipinski definition) is 1. The number of hydrogen-bond acceptors (Lipinski definition) is 1. The molecule has 7 aromatic rings. The molecule has 0 aromatic heterocycles. The van der Waals surface area contributed by atoms with Crippen molar-refractivity contribution in [3.63, 3.8) is 0 Å². The standard InChI is InChI=1S/C52H47N/c1-35-17-27-48(37(3)29-35)50(44-13-9-7-10-14-44)33-41-18-22-43(23-19-41)46-24-28-49(38(4)32-46)51(45-15-11-8-12-16-45)34-42-20-25-47(26-21-42)53-52-39(5)30-36(2)31-40(52)6/h7-34,53H,1-6H3. The van der Waals surface area contributed by atoms with Crippen LogP contribution in [-0.2, 0) is 0 Å². The highest BCUT2D eigenvalue weighted by molar-refractivity contribution is 5.94. The fourth-order valence-corrected chi connectivity index (χ4v) is 7.42. The third-order valence-electron chi connectivity index (χ3n) is 10.1. The Kier molecular flexibility index (Phi) is 10.4. The highest BCUT2D eigenvalue weighted by Crippen LogP contribution is 2.34. The van der Waals surface area contributed by atoms with Crippen LogP contribution in [0.4, 0.5) is 11.4 Å². The largest absolute Gasteiger partial charge is 0.355 e. The van der Waals surface area contributed by atoms with Gasteiger partial charge in [0.05, 0.1) is 0 Å². The van der Waals surface area contributed by atoms with E-state index in [9.17, 15) is 0 Å². The Labute approximate surface area is 316 Å². The predicted octanol–water partition coefficient (Wildman–Crippen LogP) is 14.1. The van der Waals surface area contributed by atoms with Crippen LogP contribution in [0.3, 0.4) is 0 Å². The summed E-state index contributed by atoms with van der Waals surface area (Å²) in [5.74, 6) is 0. The molecule has 0 fully saturated rings. The summed E-state index contributed by atoms with van der Waals surface area (Å²) in [7, 11) is 0. The van der Waals surface area contributed by atoms with Gasteiger partial charge in [0, 0.05) is 11.4 Å². The Morgan fingerprint density at radius 3 is 1.36 bits per heavy atom. The lowest BCUT2D eigenvalue weighted by atomic mass is 9.90. The van der Waals surface area contributed by atoms with Gasteiger partial charge in [-0.3, -0.25) is 0 Å². The van der Waals surface area contributed by atoms with Crippen molar-refractivity contribution in [2.75, 3.05) is 5.32 Å². The fourth-order valence-electron chi connectivity index (χ4n) is 7.42. The molecule has 1 N–H and O–H groups in total. The maximum Gasteiger partial charge on any atom is 0.0443 e. The highest BCUT2D eigenvalue weighted by atomic mass is 14.9. The lowest BCUT2D eigenvalue weighted by Crippen LogP contribution is -1.97. The molecule has 0 spiro atoms. The summed E-state index contributed by atoms with van der Waals surface area (Å²) in [5.41, 5.74) is 22.0. The molecule has 0 atom stereocenters. The van der Waals surface area contributed by atoms with Crippen LogP contribution in [0, 0.1) is 41.5 Å². The van der Waals surface area contributed by atoms with Crippen molar-refractivity contribution in [2.24, 2.45) is 0 Å². The number of rotatable bonds is 9. The zero-order valence-electron chi connectivity index (χ0n) is 31.7. The SMILES string of the molecule is Cc1ccc(C(=Cc2ccc(-c3ccc(C(=Cc4ccc(Nc5c(C)cc(C)cc5C)cc4)c4ccccc4)c(C)c3)cc2)c2ccccc2)c(C)c1. The van der Waals surface area contributed by atoms with E-state index in [0.717, 1.165) is 11.3 Å². The average molecular weight is 686 g/mol. The first kappa shape index (κ1) is 35.2. The molecule has 0 amide bonds. The van der Waals surface area contributed by atoms with Gasteiger partial charge in [-0.2, -0.15) is 0 Å². The summed E-state index contributed by atoms with van der Waals surface area (Å²) in [5, 5.41) is 3.65.